The molecule has 28 heavy (non-hydrogen) atoms. The lowest BCUT2D eigenvalue weighted by molar-refractivity contribution is 0.0691. The zero-order valence-corrected chi connectivity index (χ0v) is 17.2. The third kappa shape index (κ3) is 5.52. The van der Waals surface area contributed by atoms with Gasteiger partial charge in [-0.3, -0.25) is 4.79 Å². The number of carbonyl (C=O) groups excluding carboxylic acids is 1. The average molecular weight is 382 g/mol. The number of rotatable bonds is 7. The Labute approximate surface area is 168 Å². The molecule has 1 aromatic heterocycles. The number of nitrogens with zero attached hydrogens (tertiary/aromatic N) is 4. The Morgan fingerprint density at radius 1 is 1.18 bits per heavy atom. The van der Waals surface area contributed by atoms with Gasteiger partial charge in [-0.2, -0.15) is 0 Å². The van der Waals surface area contributed by atoms with Crippen molar-refractivity contribution in [2.75, 3.05) is 45.6 Å². The van der Waals surface area contributed by atoms with Crippen LogP contribution in [0.4, 0.5) is 5.82 Å². The van der Waals surface area contributed by atoms with E-state index in [0.717, 1.165) is 51.0 Å². The van der Waals surface area contributed by atoms with Gasteiger partial charge < -0.3 is 15.1 Å². The van der Waals surface area contributed by atoms with E-state index < -0.39 is 0 Å². The third-order valence-corrected chi connectivity index (χ3v) is 5.14. The van der Waals surface area contributed by atoms with Gasteiger partial charge in [-0.25, -0.2) is 9.97 Å². The minimum absolute atomic E-state index is 0.00261. The quantitative estimate of drug-likeness (QED) is 0.745. The number of nitrogens with one attached hydrogen (secondary N) is 1. The van der Waals surface area contributed by atoms with Gasteiger partial charge in [0.25, 0.3) is 5.91 Å². The van der Waals surface area contributed by atoms with Crippen molar-refractivity contribution in [3.8, 4) is 11.4 Å². The second-order valence-corrected chi connectivity index (χ2v) is 7.89. The molecule has 2 heterocycles. The van der Waals surface area contributed by atoms with Crippen molar-refractivity contribution < 1.29 is 4.79 Å². The molecule has 1 saturated heterocycles. The van der Waals surface area contributed by atoms with Crippen molar-refractivity contribution in [2.45, 2.75) is 26.2 Å². The van der Waals surface area contributed by atoms with Crippen molar-refractivity contribution in [2.24, 2.45) is 5.92 Å². The normalized spacial score (nSPS) is 15.1. The molecule has 1 amide bonds. The molecule has 0 bridgehead atoms. The molecule has 0 atom stereocenters. The molecule has 6 nitrogen and oxygen atoms in total. The monoisotopic (exact) mass is 381 g/mol. The summed E-state index contributed by atoms with van der Waals surface area (Å²) in [6, 6.07) is 11.6. The van der Waals surface area contributed by atoms with Crippen LogP contribution in [0.3, 0.4) is 0 Å². The summed E-state index contributed by atoms with van der Waals surface area (Å²) in [5, 5.41) is 3.37. The molecule has 1 aromatic carbocycles. The van der Waals surface area contributed by atoms with E-state index in [9.17, 15) is 4.79 Å². The van der Waals surface area contributed by atoms with Crippen molar-refractivity contribution in [3.05, 3.63) is 42.1 Å². The SMILES string of the molecule is CC1CCN(C(=O)c2cc(NCCCN(C)C)nc(-c3ccccc3)n2)CC1. The predicted molar refractivity (Wildman–Crippen MR) is 113 cm³/mol. The summed E-state index contributed by atoms with van der Waals surface area (Å²) in [4.78, 5) is 26.4. The molecular formula is C22H31N5O. The molecule has 0 aliphatic carbocycles. The first-order chi connectivity index (χ1) is 13.5. The topological polar surface area (TPSA) is 61.4 Å². The maximum absolute atomic E-state index is 13.1. The number of amides is 1. The van der Waals surface area contributed by atoms with Gasteiger partial charge in [-0.15, -0.1) is 0 Å². The molecule has 0 spiro atoms. The van der Waals surface area contributed by atoms with Crippen molar-refractivity contribution in [1.82, 2.24) is 19.8 Å². The zero-order chi connectivity index (χ0) is 19.9. The van der Waals surface area contributed by atoms with E-state index >= 15 is 0 Å². The van der Waals surface area contributed by atoms with Crippen molar-refractivity contribution in [1.29, 1.82) is 0 Å². The zero-order valence-electron chi connectivity index (χ0n) is 17.2. The minimum Gasteiger partial charge on any atom is -0.370 e. The highest BCUT2D eigenvalue weighted by atomic mass is 16.2. The lowest BCUT2D eigenvalue weighted by atomic mass is 9.99. The summed E-state index contributed by atoms with van der Waals surface area (Å²) in [5.41, 5.74) is 1.39. The van der Waals surface area contributed by atoms with E-state index in [1.807, 2.05) is 35.2 Å². The largest absolute Gasteiger partial charge is 0.370 e. The van der Waals surface area contributed by atoms with E-state index in [0.29, 0.717) is 23.3 Å². The molecule has 1 fully saturated rings. The van der Waals surface area contributed by atoms with E-state index in [1.54, 1.807) is 6.07 Å². The predicted octanol–water partition coefficient (Wildman–Crippen LogP) is 3.38. The van der Waals surface area contributed by atoms with Crippen LogP contribution in [-0.2, 0) is 0 Å². The summed E-state index contributed by atoms with van der Waals surface area (Å²) in [6.07, 6.45) is 3.11. The number of piperidine rings is 1. The third-order valence-electron chi connectivity index (χ3n) is 5.14. The van der Waals surface area contributed by atoms with Crippen LogP contribution in [0.2, 0.25) is 0 Å². The maximum Gasteiger partial charge on any atom is 0.272 e. The molecule has 0 radical (unpaired) electrons. The van der Waals surface area contributed by atoms with Gasteiger partial charge in [0, 0.05) is 31.3 Å². The van der Waals surface area contributed by atoms with Crippen LogP contribution >= 0.6 is 0 Å². The number of anilines is 1. The number of carbonyl (C=O) groups is 1. The molecule has 6 heteroatoms. The van der Waals surface area contributed by atoms with Gasteiger partial charge in [-0.05, 0) is 45.8 Å². The number of hydrogen-bond acceptors (Lipinski definition) is 5. The van der Waals surface area contributed by atoms with Crippen LogP contribution in [0.15, 0.2) is 36.4 Å². The molecule has 0 unspecified atom stereocenters. The Hall–Kier alpha value is -2.47. The fourth-order valence-electron chi connectivity index (χ4n) is 3.35. The highest BCUT2D eigenvalue weighted by Gasteiger charge is 2.23. The fraction of sp³-hybridized carbons (Fsp3) is 0.500. The van der Waals surface area contributed by atoms with Crippen LogP contribution in [0.5, 0.6) is 0 Å². The number of benzene rings is 1. The van der Waals surface area contributed by atoms with E-state index in [2.05, 4.69) is 41.2 Å². The van der Waals surface area contributed by atoms with Gasteiger partial charge in [0.15, 0.2) is 5.82 Å². The lowest BCUT2D eigenvalue weighted by Crippen LogP contribution is -2.38. The second-order valence-electron chi connectivity index (χ2n) is 7.89. The summed E-state index contributed by atoms with van der Waals surface area (Å²) in [6.45, 7) is 5.65. The minimum atomic E-state index is 0.00261. The Kier molecular flexibility index (Phi) is 6.98. The first-order valence-corrected chi connectivity index (χ1v) is 10.2. The second kappa shape index (κ2) is 9.64. The smallest absolute Gasteiger partial charge is 0.272 e. The van der Waals surface area contributed by atoms with Gasteiger partial charge in [0.1, 0.15) is 11.5 Å². The summed E-state index contributed by atoms with van der Waals surface area (Å²) < 4.78 is 0. The van der Waals surface area contributed by atoms with Gasteiger partial charge in [0.05, 0.1) is 0 Å². The molecular weight excluding hydrogens is 350 g/mol. The summed E-state index contributed by atoms with van der Waals surface area (Å²) in [5.74, 6) is 1.99. The Balaban J connectivity index is 1.81. The number of likely N-dealkylation sites (tertiary alicyclic amines) is 1. The van der Waals surface area contributed by atoms with E-state index in [-0.39, 0.29) is 5.91 Å². The average Bonchev–Trinajstić information content (AvgIpc) is 2.71. The van der Waals surface area contributed by atoms with E-state index in [4.69, 9.17) is 0 Å². The van der Waals surface area contributed by atoms with Crippen LogP contribution in [-0.4, -0.2) is 65.9 Å². The fourth-order valence-corrected chi connectivity index (χ4v) is 3.35. The lowest BCUT2D eigenvalue weighted by Gasteiger charge is -2.30. The van der Waals surface area contributed by atoms with Gasteiger partial charge >= 0.3 is 0 Å². The number of aromatic nitrogens is 2. The van der Waals surface area contributed by atoms with Gasteiger partial charge in [-0.1, -0.05) is 37.3 Å². The number of hydrogen-bond donors (Lipinski definition) is 1. The Morgan fingerprint density at radius 2 is 1.89 bits per heavy atom. The first-order valence-electron chi connectivity index (χ1n) is 10.2. The molecule has 0 saturated carbocycles. The molecule has 3 rings (SSSR count). The Bertz CT molecular complexity index is 770. The van der Waals surface area contributed by atoms with Crippen LogP contribution in [0.1, 0.15) is 36.7 Å². The Morgan fingerprint density at radius 3 is 2.57 bits per heavy atom. The van der Waals surface area contributed by atoms with Crippen LogP contribution in [0.25, 0.3) is 11.4 Å². The highest BCUT2D eigenvalue weighted by Crippen LogP contribution is 2.21. The summed E-state index contributed by atoms with van der Waals surface area (Å²) >= 11 is 0. The van der Waals surface area contributed by atoms with E-state index in [1.165, 1.54) is 0 Å². The van der Waals surface area contributed by atoms with Crippen molar-refractivity contribution >= 4 is 11.7 Å². The molecule has 2 aromatic rings. The molecule has 1 aliphatic heterocycles. The molecule has 1 aliphatic rings. The molecule has 1 N–H and O–H groups in total. The first kappa shape index (κ1) is 20.3. The van der Waals surface area contributed by atoms with Crippen LogP contribution in [0, 0.1) is 5.92 Å². The highest BCUT2D eigenvalue weighted by molar-refractivity contribution is 5.93. The van der Waals surface area contributed by atoms with Gasteiger partial charge in [0.2, 0.25) is 0 Å². The standard InChI is InChI=1S/C22H31N5O/c1-17-10-14-27(15-11-17)22(28)19-16-20(23-12-7-13-26(2)3)25-21(24-19)18-8-5-4-6-9-18/h4-6,8-9,16-17H,7,10-15H2,1-3H3,(H,23,24,25). The maximum atomic E-state index is 13.1. The summed E-state index contributed by atoms with van der Waals surface area (Å²) in [7, 11) is 4.13. The molecule has 150 valence electrons. The van der Waals surface area contributed by atoms with Crippen LogP contribution < -0.4 is 5.32 Å². The van der Waals surface area contributed by atoms with Crippen molar-refractivity contribution in [3.63, 3.8) is 0 Å².